The van der Waals surface area contributed by atoms with E-state index in [2.05, 4.69) is 28.1 Å². The molecule has 2 rings (SSSR count). The zero-order chi connectivity index (χ0) is 10.7. The van der Waals surface area contributed by atoms with E-state index in [1.54, 1.807) is 0 Å². The van der Waals surface area contributed by atoms with Crippen LogP contribution in [0.3, 0.4) is 0 Å². The lowest BCUT2D eigenvalue weighted by Gasteiger charge is -2.02. The highest BCUT2D eigenvalue weighted by Gasteiger charge is 1.97. The van der Waals surface area contributed by atoms with Crippen LogP contribution in [0.25, 0.3) is 11.1 Å². The van der Waals surface area contributed by atoms with E-state index in [0.717, 1.165) is 10.0 Å². The zero-order valence-electron chi connectivity index (χ0n) is 8.15. The van der Waals surface area contributed by atoms with Crippen LogP contribution in [0.2, 0.25) is 0 Å². The summed E-state index contributed by atoms with van der Waals surface area (Å²) in [7, 11) is 0. The number of hydrogen-bond donors (Lipinski definition) is 1. The summed E-state index contributed by atoms with van der Waals surface area (Å²) in [6.07, 6.45) is 0. The Morgan fingerprint density at radius 3 is 1.73 bits per heavy atom. The minimum absolute atomic E-state index is 0.0978. The van der Waals surface area contributed by atoms with Gasteiger partial charge in [-0.1, -0.05) is 52.3 Å². The molecule has 0 radical (unpaired) electrons. The van der Waals surface area contributed by atoms with Gasteiger partial charge in [-0.2, -0.15) is 0 Å². The second-order valence-corrected chi connectivity index (χ2v) is 4.28. The molecular formula is C13H11BrO. The van der Waals surface area contributed by atoms with Crippen molar-refractivity contribution in [3.05, 3.63) is 58.6 Å². The Bertz CT molecular complexity index is 431. The van der Waals surface area contributed by atoms with Gasteiger partial charge in [0, 0.05) is 4.47 Å². The second kappa shape index (κ2) is 4.60. The standard InChI is InChI=1S/C13H11BrO/c14-13-7-5-12(6-8-13)11-3-1-10(9-15)2-4-11/h1-8,15H,9H2. The molecule has 0 unspecified atom stereocenters. The molecule has 0 amide bonds. The molecule has 0 spiro atoms. The molecule has 2 heteroatoms. The van der Waals surface area contributed by atoms with Gasteiger partial charge in [0.1, 0.15) is 0 Å². The summed E-state index contributed by atoms with van der Waals surface area (Å²) in [5, 5.41) is 8.93. The summed E-state index contributed by atoms with van der Waals surface area (Å²) in [6, 6.07) is 16.1. The van der Waals surface area contributed by atoms with Crippen molar-refractivity contribution in [2.45, 2.75) is 6.61 Å². The number of rotatable bonds is 2. The maximum Gasteiger partial charge on any atom is 0.0681 e. The van der Waals surface area contributed by atoms with Gasteiger partial charge in [0.2, 0.25) is 0 Å². The Morgan fingerprint density at radius 2 is 1.27 bits per heavy atom. The fraction of sp³-hybridized carbons (Fsp3) is 0.0769. The first kappa shape index (κ1) is 10.4. The summed E-state index contributed by atoms with van der Waals surface area (Å²) in [5.41, 5.74) is 3.29. The molecule has 0 aliphatic rings. The molecule has 0 aromatic heterocycles. The molecule has 0 atom stereocenters. The van der Waals surface area contributed by atoms with Crippen molar-refractivity contribution in [3.8, 4) is 11.1 Å². The maximum absolute atomic E-state index is 8.93. The average Bonchev–Trinajstić information content (AvgIpc) is 2.30. The Kier molecular flexibility index (Phi) is 3.19. The Labute approximate surface area is 97.5 Å². The summed E-state index contributed by atoms with van der Waals surface area (Å²) in [5.74, 6) is 0. The highest BCUT2D eigenvalue weighted by Crippen LogP contribution is 2.21. The van der Waals surface area contributed by atoms with Gasteiger partial charge in [-0.05, 0) is 28.8 Å². The summed E-state index contributed by atoms with van der Waals surface area (Å²) in [6.45, 7) is 0.0978. The van der Waals surface area contributed by atoms with Crippen molar-refractivity contribution in [2.75, 3.05) is 0 Å². The molecule has 1 N–H and O–H groups in total. The van der Waals surface area contributed by atoms with Crippen LogP contribution < -0.4 is 0 Å². The van der Waals surface area contributed by atoms with Crippen LogP contribution in [-0.4, -0.2) is 5.11 Å². The first-order chi connectivity index (χ1) is 7.29. The maximum atomic E-state index is 8.93. The first-order valence-corrected chi connectivity index (χ1v) is 5.54. The topological polar surface area (TPSA) is 20.2 Å². The van der Waals surface area contributed by atoms with Crippen LogP contribution in [0.1, 0.15) is 5.56 Å². The quantitative estimate of drug-likeness (QED) is 0.877. The Hall–Kier alpha value is -1.12. The van der Waals surface area contributed by atoms with E-state index in [1.165, 1.54) is 11.1 Å². The molecule has 15 heavy (non-hydrogen) atoms. The van der Waals surface area contributed by atoms with Crippen LogP contribution in [0.5, 0.6) is 0 Å². The van der Waals surface area contributed by atoms with E-state index in [-0.39, 0.29) is 6.61 Å². The fourth-order valence-corrected chi connectivity index (χ4v) is 1.71. The van der Waals surface area contributed by atoms with E-state index in [9.17, 15) is 0 Å². The molecular weight excluding hydrogens is 252 g/mol. The van der Waals surface area contributed by atoms with Gasteiger partial charge in [0.05, 0.1) is 6.61 Å². The van der Waals surface area contributed by atoms with E-state index >= 15 is 0 Å². The molecule has 0 aliphatic heterocycles. The van der Waals surface area contributed by atoms with Crippen molar-refractivity contribution < 1.29 is 5.11 Å². The molecule has 0 aliphatic carbocycles. The SMILES string of the molecule is OCc1ccc(-c2ccc(Br)cc2)cc1. The summed E-state index contributed by atoms with van der Waals surface area (Å²) < 4.78 is 1.08. The van der Waals surface area contributed by atoms with Crippen molar-refractivity contribution >= 4 is 15.9 Å². The second-order valence-electron chi connectivity index (χ2n) is 3.36. The number of aliphatic hydroxyl groups is 1. The third-order valence-electron chi connectivity index (χ3n) is 2.31. The summed E-state index contributed by atoms with van der Waals surface area (Å²) >= 11 is 3.41. The number of hydrogen-bond acceptors (Lipinski definition) is 1. The van der Waals surface area contributed by atoms with E-state index in [0.29, 0.717) is 0 Å². The van der Waals surface area contributed by atoms with Gasteiger partial charge in [-0.3, -0.25) is 0 Å². The van der Waals surface area contributed by atoms with Gasteiger partial charge in [0.25, 0.3) is 0 Å². The zero-order valence-corrected chi connectivity index (χ0v) is 9.74. The average molecular weight is 263 g/mol. The Morgan fingerprint density at radius 1 is 0.800 bits per heavy atom. The van der Waals surface area contributed by atoms with Crippen LogP contribution >= 0.6 is 15.9 Å². The third kappa shape index (κ3) is 2.46. The van der Waals surface area contributed by atoms with Crippen LogP contribution in [0.15, 0.2) is 53.0 Å². The molecule has 0 heterocycles. The predicted octanol–water partition coefficient (Wildman–Crippen LogP) is 3.61. The molecule has 76 valence electrons. The van der Waals surface area contributed by atoms with Crippen molar-refractivity contribution in [3.63, 3.8) is 0 Å². The van der Waals surface area contributed by atoms with Crippen LogP contribution in [0, 0.1) is 0 Å². The number of aliphatic hydroxyl groups excluding tert-OH is 1. The van der Waals surface area contributed by atoms with Gasteiger partial charge in [0.15, 0.2) is 0 Å². The Balaban J connectivity index is 2.33. The minimum Gasteiger partial charge on any atom is -0.392 e. The smallest absolute Gasteiger partial charge is 0.0681 e. The highest BCUT2D eigenvalue weighted by molar-refractivity contribution is 9.10. The molecule has 0 bridgehead atoms. The molecule has 2 aromatic carbocycles. The van der Waals surface area contributed by atoms with Gasteiger partial charge >= 0.3 is 0 Å². The van der Waals surface area contributed by atoms with Crippen molar-refractivity contribution in [1.29, 1.82) is 0 Å². The molecule has 0 saturated heterocycles. The first-order valence-electron chi connectivity index (χ1n) is 4.75. The minimum atomic E-state index is 0.0978. The molecule has 2 aromatic rings. The number of benzene rings is 2. The monoisotopic (exact) mass is 262 g/mol. The predicted molar refractivity (Wildman–Crippen MR) is 65.5 cm³/mol. The fourth-order valence-electron chi connectivity index (χ4n) is 1.44. The highest BCUT2D eigenvalue weighted by atomic mass is 79.9. The molecule has 0 saturated carbocycles. The lowest BCUT2D eigenvalue weighted by atomic mass is 10.0. The normalized spacial score (nSPS) is 10.3. The van der Waals surface area contributed by atoms with E-state index < -0.39 is 0 Å². The van der Waals surface area contributed by atoms with Crippen LogP contribution in [-0.2, 0) is 6.61 Å². The van der Waals surface area contributed by atoms with Gasteiger partial charge in [-0.15, -0.1) is 0 Å². The van der Waals surface area contributed by atoms with E-state index in [4.69, 9.17) is 5.11 Å². The largest absolute Gasteiger partial charge is 0.392 e. The third-order valence-corrected chi connectivity index (χ3v) is 2.84. The van der Waals surface area contributed by atoms with Crippen molar-refractivity contribution in [2.24, 2.45) is 0 Å². The van der Waals surface area contributed by atoms with Crippen LogP contribution in [0.4, 0.5) is 0 Å². The van der Waals surface area contributed by atoms with Gasteiger partial charge in [-0.25, -0.2) is 0 Å². The van der Waals surface area contributed by atoms with Crippen molar-refractivity contribution in [1.82, 2.24) is 0 Å². The molecule has 0 fully saturated rings. The summed E-state index contributed by atoms with van der Waals surface area (Å²) in [4.78, 5) is 0. The lowest BCUT2D eigenvalue weighted by molar-refractivity contribution is 0.282. The molecule has 1 nitrogen and oxygen atoms in total. The van der Waals surface area contributed by atoms with E-state index in [1.807, 2.05) is 36.4 Å². The lowest BCUT2D eigenvalue weighted by Crippen LogP contribution is -1.82. The number of halogens is 1. The van der Waals surface area contributed by atoms with Gasteiger partial charge < -0.3 is 5.11 Å².